The van der Waals surface area contributed by atoms with Gasteiger partial charge in [-0.05, 0) is 54.0 Å². The number of anilines is 1. The minimum atomic E-state index is -0.470. The Labute approximate surface area is 140 Å². The van der Waals surface area contributed by atoms with Gasteiger partial charge in [-0.15, -0.1) is 0 Å². The molecule has 0 saturated carbocycles. The Bertz CT molecular complexity index is 885. The third kappa shape index (κ3) is 3.19. The SMILES string of the molecule is Cc1cc(C)n(-c2ccc(NC(=O)c3coc(Br)c3)cc2F)n1. The fraction of sp³-hybridized carbons (Fsp3) is 0.125. The molecule has 0 unspecified atom stereocenters. The molecule has 1 aromatic carbocycles. The van der Waals surface area contributed by atoms with Crippen LogP contribution in [0, 0.1) is 19.7 Å². The van der Waals surface area contributed by atoms with Gasteiger partial charge in [-0.1, -0.05) is 0 Å². The molecule has 2 aromatic heterocycles. The van der Waals surface area contributed by atoms with Crippen LogP contribution in [0.25, 0.3) is 5.69 Å². The second-order valence-electron chi connectivity index (χ2n) is 5.10. The van der Waals surface area contributed by atoms with E-state index >= 15 is 0 Å². The van der Waals surface area contributed by atoms with Crippen LogP contribution in [-0.2, 0) is 0 Å². The first-order valence-corrected chi connectivity index (χ1v) is 7.62. The Hall–Kier alpha value is -2.41. The van der Waals surface area contributed by atoms with Gasteiger partial charge in [-0.3, -0.25) is 4.79 Å². The van der Waals surface area contributed by atoms with E-state index in [9.17, 15) is 9.18 Å². The molecule has 0 aliphatic heterocycles. The number of nitrogens with zero attached hydrogens (tertiary/aromatic N) is 2. The molecule has 118 valence electrons. The molecule has 0 aliphatic carbocycles. The van der Waals surface area contributed by atoms with E-state index in [1.807, 2.05) is 19.9 Å². The molecule has 1 amide bonds. The summed E-state index contributed by atoms with van der Waals surface area (Å²) in [6.07, 6.45) is 1.32. The number of benzene rings is 1. The fourth-order valence-electron chi connectivity index (χ4n) is 2.26. The first-order chi connectivity index (χ1) is 10.9. The summed E-state index contributed by atoms with van der Waals surface area (Å²) in [4.78, 5) is 12.0. The Kier molecular flexibility index (Phi) is 4.04. The summed E-state index contributed by atoms with van der Waals surface area (Å²) in [5.41, 5.74) is 2.68. The molecule has 3 rings (SSSR count). The summed E-state index contributed by atoms with van der Waals surface area (Å²) in [7, 11) is 0. The van der Waals surface area contributed by atoms with Gasteiger partial charge in [0.25, 0.3) is 5.91 Å². The Balaban J connectivity index is 1.85. The van der Waals surface area contributed by atoms with Gasteiger partial charge in [-0.2, -0.15) is 5.10 Å². The highest BCUT2D eigenvalue weighted by molar-refractivity contribution is 9.10. The van der Waals surface area contributed by atoms with Crippen molar-refractivity contribution in [1.29, 1.82) is 0 Å². The lowest BCUT2D eigenvalue weighted by atomic mass is 10.2. The molecule has 0 radical (unpaired) electrons. The zero-order chi connectivity index (χ0) is 16.6. The Morgan fingerprint density at radius 3 is 2.65 bits per heavy atom. The predicted octanol–water partition coefficient (Wildman–Crippen LogP) is 4.24. The van der Waals surface area contributed by atoms with Gasteiger partial charge in [0.05, 0.1) is 11.3 Å². The number of hydrogen-bond donors (Lipinski definition) is 1. The van der Waals surface area contributed by atoms with Gasteiger partial charge in [0, 0.05) is 17.4 Å². The number of carbonyl (C=O) groups excluding carboxylic acids is 1. The lowest BCUT2D eigenvalue weighted by Crippen LogP contribution is -2.11. The number of furan rings is 1. The minimum absolute atomic E-state index is 0.333. The first kappa shape index (κ1) is 15.5. The summed E-state index contributed by atoms with van der Waals surface area (Å²) < 4.78 is 21.3. The normalized spacial score (nSPS) is 10.8. The van der Waals surface area contributed by atoms with Gasteiger partial charge in [-0.25, -0.2) is 9.07 Å². The standard InChI is InChI=1S/C16H13BrFN3O2/c1-9-5-10(2)21(20-9)14-4-3-12(7-13(14)18)19-16(22)11-6-15(17)23-8-11/h3-8H,1-2H3,(H,19,22). The van der Waals surface area contributed by atoms with Crippen molar-refractivity contribution in [3.8, 4) is 5.69 Å². The molecule has 0 aliphatic rings. The van der Waals surface area contributed by atoms with Crippen molar-refractivity contribution in [1.82, 2.24) is 9.78 Å². The molecule has 0 saturated heterocycles. The van der Waals surface area contributed by atoms with Gasteiger partial charge in [0.1, 0.15) is 12.0 Å². The van der Waals surface area contributed by atoms with Crippen LogP contribution in [0.3, 0.4) is 0 Å². The van der Waals surface area contributed by atoms with Crippen LogP contribution in [-0.4, -0.2) is 15.7 Å². The first-order valence-electron chi connectivity index (χ1n) is 6.82. The molecule has 1 N–H and O–H groups in total. The molecule has 23 heavy (non-hydrogen) atoms. The van der Waals surface area contributed by atoms with Gasteiger partial charge >= 0.3 is 0 Å². The molecule has 3 aromatic rings. The fourth-order valence-corrected chi connectivity index (χ4v) is 2.60. The van der Waals surface area contributed by atoms with Crippen molar-refractivity contribution in [3.63, 3.8) is 0 Å². The molecule has 2 heterocycles. The van der Waals surface area contributed by atoms with Crippen LogP contribution < -0.4 is 5.32 Å². The van der Waals surface area contributed by atoms with E-state index in [1.165, 1.54) is 23.1 Å². The second-order valence-corrected chi connectivity index (χ2v) is 5.88. The van der Waals surface area contributed by atoms with Crippen molar-refractivity contribution < 1.29 is 13.6 Å². The van der Waals surface area contributed by atoms with Crippen molar-refractivity contribution >= 4 is 27.5 Å². The molecule has 0 fully saturated rings. The number of rotatable bonds is 3. The molecule has 0 bridgehead atoms. The quantitative estimate of drug-likeness (QED) is 0.742. The lowest BCUT2D eigenvalue weighted by molar-refractivity contribution is 0.102. The van der Waals surface area contributed by atoms with E-state index in [2.05, 4.69) is 26.3 Å². The maximum absolute atomic E-state index is 14.3. The Morgan fingerprint density at radius 1 is 1.30 bits per heavy atom. The van der Waals surface area contributed by atoms with Crippen LogP contribution in [0.4, 0.5) is 10.1 Å². The zero-order valence-electron chi connectivity index (χ0n) is 12.4. The summed E-state index contributed by atoms with van der Waals surface area (Å²) >= 11 is 3.13. The summed E-state index contributed by atoms with van der Waals surface area (Å²) in [5, 5.41) is 6.88. The summed E-state index contributed by atoms with van der Waals surface area (Å²) in [5.74, 6) is -0.847. The molecule has 0 spiro atoms. The zero-order valence-corrected chi connectivity index (χ0v) is 14.0. The van der Waals surface area contributed by atoms with Crippen molar-refractivity contribution in [2.75, 3.05) is 5.32 Å². The monoisotopic (exact) mass is 377 g/mol. The van der Waals surface area contributed by atoms with E-state index < -0.39 is 5.82 Å². The molecular weight excluding hydrogens is 365 g/mol. The smallest absolute Gasteiger partial charge is 0.258 e. The van der Waals surface area contributed by atoms with E-state index in [0.29, 0.717) is 21.6 Å². The summed E-state index contributed by atoms with van der Waals surface area (Å²) in [6.45, 7) is 3.70. The highest BCUT2D eigenvalue weighted by Gasteiger charge is 2.13. The number of nitrogens with one attached hydrogen (secondary N) is 1. The predicted molar refractivity (Wildman–Crippen MR) is 87.4 cm³/mol. The van der Waals surface area contributed by atoms with Crippen LogP contribution in [0.15, 0.2) is 45.7 Å². The number of halogens is 2. The minimum Gasteiger partial charge on any atom is -0.457 e. The van der Waals surface area contributed by atoms with Crippen LogP contribution >= 0.6 is 15.9 Å². The van der Waals surface area contributed by atoms with Crippen molar-refractivity contribution in [3.05, 3.63) is 64.0 Å². The van der Waals surface area contributed by atoms with E-state index in [4.69, 9.17) is 4.42 Å². The third-order valence-corrected chi connectivity index (χ3v) is 3.69. The third-order valence-electron chi connectivity index (χ3n) is 3.27. The topological polar surface area (TPSA) is 60.1 Å². The van der Waals surface area contributed by atoms with Gasteiger partial charge < -0.3 is 9.73 Å². The number of carbonyl (C=O) groups is 1. The number of amides is 1. The van der Waals surface area contributed by atoms with E-state index in [1.54, 1.807) is 12.1 Å². The van der Waals surface area contributed by atoms with Crippen LogP contribution in [0.1, 0.15) is 21.7 Å². The molecule has 0 atom stereocenters. The molecule has 5 nitrogen and oxygen atoms in total. The van der Waals surface area contributed by atoms with E-state index in [-0.39, 0.29) is 5.91 Å². The van der Waals surface area contributed by atoms with Crippen molar-refractivity contribution in [2.45, 2.75) is 13.8 Å². The van der Waals surface area contributed by atoms with Gasteiger partial charge in [0.15, 0.2) is 10.5 Å². The maximum atomic E-state index is 14.3. The molecule has 7 heteroatoms. The number of aromatic nitrogens is 2. The van der Waals surface area contributed by atoms with Gasteiger partial charge in [0.2, 0.25) is 0 Å². The number of aryl methyl sites for hydroxylation is 2. The highest BCUT2D eigenvalue weighted by Crippen LogP contribution is 2.21. The summed E-state index contributed by atoms with van der Waals surface area (Å²) in [6, 6.07) is 7.87. The number of hydrogen-bond acceptors (Lipinski definition) is 3. The maximum Gasteiger partial charge on any atom is 0.258 e. The molecular formula is C16H13BrFN3O2. The Morgan fingerprint density at radius 2 is 2.09 bits per heavy atom. The lowest BCUT2D eigenvalue weighted by Gasteiger charge is -2.09. The largest absolute Gasteiger partial charge is 0.457 e. The van der Waals surface area contributed by atoms with Crippen molar-refractivity contribution in [2.24, 2.45) is 0 Å². The highest BCUT2D eigenvalue weighted by atomic mass is 79.9. The second kappa shape index (κ2) is 6.00. The van der Waals surface area contributed by atoms with Crippen LogP contribution in [0.5, 0.6) is 0 Å². The average molecular weight is 378 g/mol. The van der Waals surface area contributed by atoms with Crippen LogP contribution in [0.2, 0.25) is 0 Å². The average Bonchev–Trinajstić information content (AvgIpc) is 3.05. The van der Waals surface area contributed by atoms with E-state index in [0.717, 1.165) is 11.4 Å².